The van der Waals surface area contributed by atoms with E-state index in [-0.39, 0.29) is 24.0 Å². The highest BCUT2D eigenvalue weighted by Gasteiger charge is 2.20. The zero-order valence-corrected chi connectivity index (χ0v) is 18.0. The number of aliphatic imine (C=N–C) groups is 1. The summed E-state index contributed by atoms with van der Waals surface area (Å²) in [5.74, 6) is 2.72. The number of nitrogens with zero attached hydrogens (tertiary/aromatic N) is 3. The van der Waals surface area contributed by atoms with Crippen LogP contribution in [0.4, 0.5) is 0 Å². The van der Waals surface area contributed by atoms with Crippen molar-refractivity contribution in [2.75, 3.05) is 33.4 Å². The van der Waals surface area contributed by atoms with Gasteiger partial charge in [-0.2, -0.15) is 0 Å². The fourth-order valence-corrected chi connectivity index (χ4v) is 2.92. The van der Waals surface area contributed by atoms with Crippen molar-refractivity contribution in [1.82, 2.24) is 20.2 Å². The predicted octanol–water partition coefficient (Wildman–Crippen LogP) is 2.94. The molecule has 1 aromatic carbocycles. The molecule has 0 atom stereocenters. The van der Waals surface area contributed by atoms with Crippen molar-refractivity contribution in [2.24, 2.45) is 10.9 Å². The number of hydrogen-bond donors (Lipinski definition) is 2. The van der Waals surface area contributed by atoms with Crippen LogP contribution in [-0.4, -0.2) is 48.9 Å². The van der Waals surface area contributed by atoms with Gasteiger partial charge in [-0.3, -0.25) is 4.99 Å². The lowest BCUT2D eigenvalue weighted by atomic mass is 10.3. The summed E-state index contributed by atoms with van der Waals surface area (Å²) in [4.78, 5) is 8.87. The number of nitrogens with one attached hydrogen (secondary N) is 2. The van der Waals surface area contributed by atoms with E-state index in [0.717, 1.165) is 62.5 Å². The zero-order chi connectivity index (χ0) is 17.5. The van der Waals surface area contributed by atoms with E-state index in [0.29, 0.717) is 0 Å². The molecule has 1 aromatic heterocycles. The molecule has 0 spiro atoms. The van der Waals surface area contributed by atoms with Crippen LogP contribution in [0.5, 0.6) is 0 Å². The number of para-hydroxylation sites is 2. The molecule has 2 N–H and O–H groups in total. The second kappa shape index (κ2) is 10.7. The highest BCUT2D eigenvalue weighted by atomic mass is 127. The summed E-state index contributed by atoms with van der Waals surface area (Å²) in [5, 5.41) is 6.65. The molecule has 1 aliphatic carbocycles. The van der Waals surface area contributed by atoms with Crippen molar-refractivity contribution in [3.63, 3.8) is 0 Å². The fraction of sp³-hybridized carbons (Fsp3) is 0.579. The third-order valence-corrected chi connectivity index (χ3v) is 4.51. The maximum Gasteiger partial charge on any atom is 0.191 e. The maximum atomic E-state index is 5.63. The Kier molecular flexibility index (Phi) is 8.64. The van der Waals surface area contributed by atoms with Gasteiger partial charge in [0.1, 0.15) is 5.82 Å². The molecule has 1 fully saturated rings. The van der Waals surface area contributed by atoms with Gasteiger partial charge in [-0.15, -0.1) is 24.0 Å². The first-order valence-electron chi connectivity index (χ1n) is 9.22. The lowest BCUT2D eigenvalue weighted by Crippen LogP contribution is -2.39. The molecule has 2 aromatic rings. The molecule has 0 radical (unpaired) electrons. The molecule has 1 heterocycles. The van der Waals surface area contributed by atoms with Crippen LogP contribution in [0, 0.1) is 12.8 Å². The van der Waals surface area contributed by atoms with Gasteiger partial charge in [-0.25, -0.2) is 4.98 Å². The molecular weight excluding hydrogens is 441 g/mol. The zero-order valence-electron chi connectivity index (χ0n) is 15.7. The van der Waals surface area contributed by atoms with Crippen molar-refractivity contribution in [2.45, 2.75) is 32.7 Å². The number of benzene rings is 1. The van der Waals surface area contributed by atoms with Crippen LogP contribution in [0.3, 0.4) is 0 Å². The van der Waals surface area contributed by atoms with E-state index in [1.54, 1.807) is 7.05 Å². The number of fused-ring (bicyclic) bond motifs is 1. The van der Waals surface area contributed by atoms with Gasteiger partial charge in [0.15, 0.2) is 5.96 Å². The molecule has 1 aliphatic rings. The summed E-state index contributed by atoms with van der Waals surface area (Å²) in [5.41, 5.74) is 2.27. The monoisotopic (exact) mass is 471 g/mol. The Labute approximate surface area is 172 Å². The number of guanidine groups is 1. The van der Waals surface area contributed by atoms with Gasteiger partial charge in [0.25, 0.3) is 0 Å². The van der Waals surface area contributed by atoms with Crippen molar-refractivity contribution < 1.29 is 4.74 Å². The van der Waals surface area contributed by atoms with Gasteiger partial charge in [-0.05, 0) is 44.2 Å². The Hall–Kier alpha value is -1.35. The summed E-state index contributed by atoms with van der Waals surface area (Å²) in [7, 11) is 1.80. The van der Waals surface area contributed by atoms with Crippen molar-refractivity contribution in [3.8, 4) is 0 Å². The van der Waals surface area contributed by atoms with Gasteiger partial charge in [0.05, 0.1) is 17.6 Å². The third kappa shape index (κ3) is 6.12. The maximum absolute atomic E-state index is 5.63. The normalized spacial score (nSPS) is 14.3. The first kappa shape index (κ1) is 21.0. The molecule has 6 nitrogen and oxygen atoms in total. The molecule has 0 amide bonds. The van der Waals surface area contributed by atoms with E-state index in [4.69, 9.17) is 4.74 Å². The Morgan fingerprint density at radius 2 is 2.04 bits per heavy atom. The summed E-state index contributed by atoms with van der Waals surface area (Å²) >= 11 is 0. The molecule has 0 bridgehead atoms. The van der Waals surface area contributed by atoms with Crippen LogP contribution >= 0.6 is 24.0 Å². The summed E-state index contributed by atoms with van der Waals surface area (Å²) in [6.07, 6.45) is 3.69. The van der Waals surface area contributed by atoms with Crippen LogP contribution in [0.15, 0.2) is 29.3 Å². The smallest absolute Gasteiger partial charge is 0.191 e. The van der Waals surface area contributed by atoms with Crippen LogP contribution in [-0.2, 0) is 11.3 Å². The number of imidazole rings is 1. The van der Waals surface area contributed by atoms with E-state index in [1.807, 2.05) is 6.07 Å². The molecule has 1 saturated carbocycles. The SMILES string of the molecule is CN=C(NCCCn1c(C)nc2ccccc21)NCCOCC1CC1.I. The van der Waals surface area contributed by atoms with E-state index in [2.05, 4.69) is 50.3 Å². The van der Waals surface area contributed by atoms with Crippen molar-refractivity contribution >= 4 is 41.0 Å². The minimum absolute atomic E-state index is 0. The fourth-order valence-electron chi connectivity index (χ4n) is 2.92. The average molecular weight is 471 g/mol. The molecule has 144 valence electrons. The van der Waals surface area contributed by atoms with Gasteiger partial charge in [0, 0.05) is 33.3 Å². The number of ether oxygens (including phenoxy) is 1. The van der Waals surface area contributed by atoms with Gasteiger partial charge < -0.3 is 19.9 Å². The standard InChI is InChI=1S/C19H29N5O.HI/c1-15-23-17-6-3-4-7-18(17)24(15)12-5-10-21-19(20-2)22-11-13-25-14-16-8-9-16;/h3-4,6-7,16H,5,8-14H2,1-2H3,(H2,20,21,22);1H. The average Bonchev–Trinajstić information content (AvgIpc) is 3.39. The van der Waals surface area contributed by atoms with Crippen LogP contribution < -0.4 is 10.6 Å². The minimum atomic E-state index is 0. The number of rotatable bonds is 9. The molecule has 0 aliphatic heterocycles. The second-order valence-electron chi connectivity index (χ2n) is 6.60. The van der Waals surface area contributed by atoms with E-state index < -0.39 is 0 Å². The first-order valence-corrected chi connectivity index (χ1v) is 9.22. The van der Waals surface area contributed by atoms with Crippen molar-refractivity contribution in [1.29, 1.82) is 0 Å². The van der Waals surface area contributed by atoms with E-state index in [1.165, 1.54) is 18.4 Å². The summed E-state index contributed by atoms with van der Waals surface area (Å²) < 4.78 is 7.90. The van der Waals surface area contributed by atoms with Crippen LogP contribution in [0.25, 0.3) is 11.0 Å². The molecular formula is C19H30IN5O. The topological polar surface area (TPSA) is 63.5 Å². The largest absolute Gasteiger partial charge is 0.379 e. The van der Waals surface area contributed by atoms with E-state index >= 15 is 0 Å². The van der Waals surface area contributed by atoms with Crippen LogP contribution in [0.2, 0.25) is 0 Å². The third-order valence-electron chi connectivity index (χ3n) is 4.51. The molecule has 26 heavy (non-hydrogen) atoms. The minimum Gasteiger partial charge on any atom is -0.379 e. The first-order chi connectivity index (χ1) is 12.3. The summed E-state index contributed by atoms with van der Waals surface area (Å²) in [6.45, 7) is 6.31. The Balaban J connectivity index is 0.00000243. The Bertz CT molecular complexity index is 711. The number of hydrogen-bond acceptors (Lipinski definition) is 3. The molecule has 0 unspecified atom stereocenters. The van der Waals surface area contributed by atoms with Crippen LogP contribution in [0.1, 0.15) is 25.1 Å². The van der Waals surface area contributed by atoms with Gasteiger partial charge in [0.2, 0.25) is 0 Å². The lowest BCUT2D eigenvalue weighted by molar-refractivity contribution is 0.129. The molecule has 3 rings (SSSR count). The van der Waals surface area contributed by atoms with Crippen molar-refractivity contribution in [3.05, 3.63) is 30.1 Å². The molecule has 0 saturated heterocycles. The lowest BCUT2D eigenvalue weighted by Gasteiger charge is -2.13. The summed E-state index contributed by atoms with van der Waals surface area (Å²) in [6, 6.07) is 8.29. The number of aromatic nitrogens is 2. The number of halogens is 1. The second-order valence-corrected chi connectivity index (χ2v) is 6.60. The highest BCUT2D eigenvalue weighted by Crippen LogP contribution is 2.28. The van der Waals surface area contributed by atoms with Gasteiger partial charge >= 0.3 is 0 Å². The quantitative estimate of drug-likeness (QED) is 0.256. The Morgan fingerprint density at radius 3 is 2.81 bits per heavy atom. The van der Waals surface area contributed by atoms with Gasteiger partial charge in [-0.1, -0.05) is 12.1 Å². The number of aryl methyl sites for hydroxylation is 2. The highest BCUT2D eigenvalue weighted by molar-refractivity contribution is 14.0. The van der Waals surface area contributed by atoms with E-state index in [9.17, 15) is 0 Å². The Morgan fingerprint density at radius 1 is 1.27 bits per heavy atom. The molecule has 7 heteroatoms. The predicted molar refractivity (Wildman–Crippen MR) is 117 cm³/mol.